The normalized spacial score (nSPS) is 15.1. The Morgan fingerprint density at radius 1 is 1.21 bits per heavy atom. The Balaban J connectivity index is 1.56. The summed E-state index contributed by atoms with van der Waals surface area (Å²) in [6, 6.07) is 16.9. The second kappa shape index (κ2) is 9.38. The number of carbonyl (C=O) groups is 1. The first-order valence-corrected chi connectivity index (χ1v) is 12.8. The van der Waals surface area contributed by atoms with Gasteiger partial charge in [0.2, 0.25) is 0 Å². The fraction of sp³-hybridized carbons (Fsp3) is 0.222. The highest BCUT2D eigenvalue weighted by atomic mass is 35.5. The predicted octanol–water partition coefficient (Wildman–Crippen LogP) is 7.91. The second-order valence-electron chi connectivity index (χ2n) is 8.49. The van der Waals surface area contributed by atoms with Crippen LogP contribution in [-0.2, 0) is 12.8 Å². The number of hydrogen-bond donors (Lipinski definition) is 1. The van der Waals surface area contributed by atoms with E-state index in [-0.39, 0.29) is 5.91 Å². The van der Waals surface area contributed by atoms with Gasteiger partial charge in [-0.25, -0.2) is 4.98 Å². The van der Waals surface area contributed by atoms with Crippen LogP contribution >= 0.6 is 34.5 Å². The van der Waals surface area contributed by atoms with Gasteiger partial charge in [0.15, 0.2) is 0 Å². The van der Waals surface area contributed by atoms with Crippen LogP contribution in [0.25, 0.3) is 22.2 Å². The molecule has 1 aliphatic carbocycles. The van der Waals surface area contributed by atoms with E-state index in [0.29, 0.717) is 43.3 Å². The Hall–Kier alpha value is -2.91. The number of amides is 1. The number of nitrogens with one attached hydrogen (secondary N) is 1. The van der Waals surface area contributed by atoms with Gasteiger partial charge in [0.25, 0.3) is 5.91 Å². The molecule has 0 radical (unpaired) electrons. The van der Waals surface area contributed by atoms with Crippen molar-refractivity contribution in [2.45, 2.75) is 32.6 Å². The summed E-state index contributed by atoms with van der Waals surface area (Å²) in [7, 11) is 0. The van der Waals surface area contributed by atoms with Gasteiger partial charge < -0.3 is 5.32 Å². The molecule has 4 nitrogen and oxygen atoms in total. The molecule has 5 rings (SSSR count). The lowest BCUT2D eigenvalue weighted by atomic mass is 9.86. The largest absolute Gasteiger partial charge is 0.312 e. The molecule has 1 aliphatic rings. The molecular weight excluding hydrogens is 485 g/mol. The van der Waals surface area contributed by atoms with Crippen LogP contribution in [0.4, 0.5) is 5.00 Å². The summed E-state index contributed by atoms with van der Waals surface area (Å²) in [6.45, 7) is 2.21. The third kappa shape index (κ3) is 4.18. The van der Waals surface area contributed by atoms with E-state index in [9.17, 15) is 10.1 Å². The van der Waals surface area contributed by atoms with Crippen LogP contribution in [0.3, 0.4) is 0 Å². The summed E-state index contributed by atoms with van der Waals surface area (Å²) >= 11 is 13.8. The van der Waals surface area contributed by atoms with E-state index in [2.05, 4.69) is 18.3 Å². The molecule has 0 fully saturated rings. The predicted molar refractivity (Wildman–Crippen MR) is 140 cm³/mol. The zero-order chi connectivity index (χ0) is 23.8. The summed E-state index contributed by atoms with van der Waals surface area (Å²) in [5, 5.41) is 15.2. The minimum atomic E-state index is -0.262. The second-order valence-corrected chi connectivity index (χ2v) is 10.4. The number of carbonyl (C=O) groups excluding carboxylic acids is 1. The first-order valence-electron chi connectivity index (χ1n) is 11.2. The summed E-state index contributed by atoms with van der Waals surface area (Å²) in [6.07, 6.45) is 4.08. The maximum Gasteiger partial charge on any atom is 0.257 e. The summed E-state index contributed by atoms with van der Waals surface area (Å²) < 4.78 is 0. The topological polar surface area (TPSA) is 65.8 Å². The lowest BCUT2D eigenvalue weighted by Gasteiger charge is -2.20. The quantitative estimate of drug-likeness (QED) is 0.306. The third-order valence-corrected chi connectivity index (χ3v) is 8.37. The number of rotatable bonds is 4. The van der Waals surface area contributed by atoms with Crippen molar-refractivity contribution in [3.8, 4) is 17.3 Å². The van der Waals surface area contributed by atoms with Gasteiger partial charge in [0.05, 0.1) is 32.4 Å². The molecule has 1 atom stereocenters. The first kappa shape index (κ1) is 22.9. The molecule has 2 heterocycles. The van der Waals surface area contributed by atoms with Crippen LogP contribution in [-0.4, -0.2) is 10.9 Å². The molecule has 2 aromatic carbocycles. The molecule has 7 heteroatoms. The molecule has 1 unspecified atom stereocenters. The molecule has 0 spiro atoms. The minimum absolute atomic E-state index is 0.262. The molecule has 1 N–H and O–H groups in total. The Morgan fingerprint density at radius 2 is 2.03 bits per heavy atom. The number of fused-ring (bicyclic) bond motifs is 2. The first-order chi connectivity index (χ1) is 16.5. The van der Waals surface area contributed by atoms with E-state index in [0.717, 1.165) is 42.2 Å². The summed E-state index contributed by atoms with van der Waals surface area (Å²) in [5.74, 6) is 0.376. The van der Waals surface area contributed by atoms with E-state index < -0.39 is 0 Å². The number of hydrogen-bond acceptors (Lipinski definition) is 4. The van der Waals surface area contributed by atoms with Crippen LogP contribution in [0.15, 0.2) is 48.5 Å². The van der Waals surface area contributed by atoms with Crippen LogP contribution in [0.1, 0.15) is 46.1 Å². The molecule has 34 heavy (non-hydrogen) atoms. The fourth-order valence-corrected chi connectivity index (χ4v) is 6.15. The third-order valence-electron chi connectivity index (χ3n) is 6.46. The van der Waals surface area contributed by atoms with E-state index in [1.807, 2.05) is 30.3 Å². The lowest BCUT2D eigenvalue weighted by Crippen LogP contribution is -2.13. The number of aromatic nitrogens is 1. The smallest absolute Gasteiger partial charge is 0.257 e. The number of anilines is 1. The molecule has 0 saturated heterocycles. The van der Waals surface area contributed by atoms with Gasteiger partial charge in [-0.15, -0.1) is 11.3 Å². The molecule has 0 aliphatic heterocycles. The maximum atomic E-state index is 13.5. The molecule has 0 saturated carbocycles. The standard InChI is InChI=1S/C27H21Cl2N3OS/c1-2-15-7-9-18-20(14-30)27(34-25(18)11-15)32-26(33)19-13-24(16-8-10-21(28)22(29)12-16)31-23-6-4-3-5-17(19)23/h3-6,8,10,12-13,15H,2,7,9,11H2,1H3,(H,32,33). The van der Waals surface area contributed by atoms with Gasteiger partial charge in [-0.3, -0.25) is 4.79 Å². The summed E-state index contributed by atoms with van der Waals surface area (Å²) in [4.78, 5) is 19.5. The van der Waals surface area contributed by atoms with Crippen molar-refractivity contribution in [2.75, 3.05) is 5.32 Å². The SMILES string of the molecule is CCC1CCc2c(sc(NC(=O)c3cc(-c4ccc(Cl)c(Cl)c4)nc4ccccc34)c2C#N)C1. The lowest BCUT2D eigenvalue weighted by molar-refractivity contribution is 0.102. The zero-order valence-corrected chi connectivity index (χ0v) is 20.8. The van der Waals surface area contributed by atoms with E-state index in [1.165, 1.54) is 16.2 Å². The van der Waals surface area contributed by atoms with Crippen LogP contribution in [0.5, 0.6) is 0 Å². The summed E-state index contributed by atoms with van der Waals surface area (Å²) in [5.41, 5.74) is 4.29. The van der Waals surface area contributed by atoms with Gasteiger partial charge in [0, 0.05) is 15.8 Å². The van der Waals surface area contributed by atoms with E-state index in [1.54, 1.807) is 18.2 Å². The number of nitrogens with zero attached hydrogens (tertiary/aromatic N) is 2. The van der Waals surface area contributed by atoms with Gasteiger partial charge in [-0.2, -0.15) is 5.26 Å². The van der Waals surface area contributed by atoms with Gasteiger partial charge >= 0.3 is 0 Å². The van der Waals surface area contributed by atoms with Crippen molar-refractivity contribution in [3.63, 3.8) is 0 Å². The Labute approximate surface area is 212 Å². The molecule has 0 bridgehead atoms. The average Bonchev–Trinajstić information content (AvgIpc) is 3.20. The van der Waals surface area contributed by atoms with Crippen LogP contribution in [0, 0.1) is 17.2 Å². The van der Waals surface area contributed by atoms with Crippen molar-refractivity contribution in [1.82, 2.24) is 4.98 Å². The molecule has 170 valence electrons. The van der Waals surface area contributed by atoms with Gasteiger partial charge in [-0.1, -0.05) is 60.8 Å². The van der Waals surface area contributed by atoms with Crippen molar-refractivity contribution in [1.29, 1.82) is 5.26 Å². The highest BCUT2D eigenvalue weighted by molar-refractivity contribution is 7.16. The van der Waals surface area contributed by atoms with Gasteiger partial charge in [0.1, 0.15) is 11.1 Å². The van der Waals surface area contributed by atoms with Crippen molar-refractivity contribution >= 4 is 56.3 Å². The Kier molecular flexibility index (Phi) is 6.31. The van der Waals surface area contributed by atoms with E-state index in [4.69, 9.17) is 28.2 Å². The zero-order valence-electron chi connectivity index (χ0n) is 18.5. The number of nitriles is 1. The molecule has 1 amide bonds. The van der Waals surface area contributed by atoms with E-state index >= 15 is 0 Å². The number of thiophene rings is 1. The van der Waals surface area contributed by atoms with Crippen molar-refractivity contribution < 1.29 is 4.79 Å². The average molecular weight is 506 g/mol. The number of para-hydroxylation sites is 1. The fourth-order valence-electron chi connectivity index (χ4n) is 4.55. The van der Waals surface area contributed by atoms with Gasteiger partial charge in [-0.05, 0) is 55.0 Å². The minimum Gasteiger partial charge on any atom is -0.312 e. The Bertz CT molecular complexity index is 1470. The highest BCUT2D eigenvalue weighted by Gasteiger charge is 2.26. The monoisotopic (exact) mass is 505 g/mol. The number of halogens is 2. The molecular formula is C27H21Cl2N3OS. The highest BCUT2D eigenvalue weighted by Crippen LogP contribution is 2.40. The maximum absolute atomic E-state index is 13.5. The van der Waals surface area contributed by atoms with Crippen LogP contribution < -0.4 is 5.32 Å². The van der Waals surface area contributed by atoms with Crippen molar-refractivity contribution in [2.24, 2.45) is 5.92 Å². The molecule has 2 aromatic heterocycles. The molecule has 4 aromatic rings. The number of benzene rings is 2. The number of pyridine rings is 1. The Morgan fingerprint density at radius 3 is 2.79 bits per heavy atom. The van der Waals surface area contributed by atoms with Crippen molar-refractivity contribution in [3.05, 3.63) is 80.1 Å². The van der Waals surface area contributed by atoms with Crippen LogP contribution in [0.2, 0.25) is 10.0 Å².